The van der Waals surface area contributed by atoms with Gasteiger partial charge in [-0.1, -0.05) is 44.5 Å². The molecule has 1 aliphatic heterocycles. The van der Waals surface area contributed by atoms with Crippen molar-refractivity contribution in [1.82, 2.24) is 10.3 Å². The average molecular weight is 473 g/mol. The van der Waals surface area contributed by atoms with Gasteiger partial charge in [-0.3, -0.25) is 4.79 Å². The van der Waals surface area contributed by atoms with Crippen LogP contribution in [-0.4, -0.2) is 32.4 Å². The van der Waals surface area contributed by atoms with Crippen LogP contribution >= 0.6 is 11.6 Å². The fraction of sp³-hybridized carbons (Fsp3) is 0.440. The molecule has 172 valence electrons. The Morgan fingerprint density at radius 3 is 2.53 bits per heavy atom. The lowest BCUT2D eigenvalue weighted by Gasteiger charge is -2.37. The fourth-order valence-corrected chi connectivity index (χ4v) is 4.64. The van der Waals surface area contributed by atoms with Crippen LogP contribution in [0.3, 0.4) is 0 Å². The number of amides is 1. The number of ether oxygens (including phenoxy) is 1. The van der Waals surface area contributed by atoms with E-state index in [2.05, 4.69) is 69.3 Å². The Hall–Kier alpha value is -2.31. The zero-order chi connectivity index (χ0) is 23.7. The molecule has 0 saturated carbocycles. The first-order chi connectivity index (χ1) is 14.9. The number of carbonyl (C=O) groups excluding carboxylic acids is 1. The number of hydrogen-bond donors (Lipinski definition) is 1. The molecule has 1 aliphatic rings. The van der Waals surface area contributed by atoms with Crippen molar-refractivity contribution in [2.45, 2.75) is 64.7 Å². The van der Waals surface area contributed by atoms with Gasteiger partial charge in [0.2, 0.25) is 20.1 Å². The molecule has 0 spiro atoms. The van der Waals surface area contributed by atoms with Crippen molar-refractivity contribution in [2.75, 3.05) is 7.11 Å². The van der Waals surface area contributed by atoms with Gasteiger partial charge >= 0.3 is 0 Å². The summed E-state index contributed by atoms with van der Waals surface area (Å²) in [5, 5.41) is 3.59. The van der Waals surface area contributed by atoms with Gasteiger partial charge in [0.05, 0.1) is 12.8 Å². The van der Waals surface area contributed by atoms with E-state index >= 15 is 0 Å². The minimum Gasteiger partial charge on any atom is -0.543 e. The molecule has 7 heteroatoms. The van der Waals surface area contributed by atoms with Gasteiger partial charge in [-0.05, 0) is 66.9 Å². The Bertz CT molecular complexity index is 1040. The number of methoxy groups -OCH3 is 1. The molecule has 1 fully saturated rings. The molecule has 32 heavy (non-hydrogen) atoms. The summed E-state index contributed by atoms with van der Waals surface area (Å²) in [6.45, 7) is 13.3. The summed E-state index contributed by atoms with van der Waals surface area (Å²) in [5.41, 5.74) is 3.73. The van der Waals surface area contributed by atoms with Crippen LogP contribution in [0.4, 0.5) is 0 Å². The summed E-state index contributed by atoms with van der Waals surface area (Å²) in [7, 11) is -0.396. The summed E-state index contributed by atoms with van der Waals surface area (Å²) in [4.78, 5) is 16.4. The summed E-state index contributed by atoms with van der Waals surface area (Å²) < 4.78 is 11.9. The van der Waals surface area contributed by atoms with E-state index < -0.39 is 8.32 Å². The van der Waals surface area contributed by atoms with Crippen LogP contribution in [0.2, 0.25) is 23.2 Å². The van der Waals surface area contributed by atoms with Crippen LogP contribution < -0.4 is 14.5 Å². The summed E-state index contributed by atoms with van der Waals surface area (Å²) in [6, 6.07) is 9.84. The number of halogens is 1. The van der Waals surface area contributed by atoms with Crippen molar-refractivity contribution in [3.63, 3.8) is 0 Å². The number of aromatic nitrogens is 1. The molecule has 5 nitrogen and oxygen atoms in total. The van der Waals surface area contributed by atoms with Gasteiger partial charge in [0.25, 0.3) is 0 Å². The smallest absolute Gasteiger partial charge is 0.250 e. The van der Waals surface area contributed by atoms with E-state index in [1.807, 2.05) is 12.1 Å². The zero-order valence-electron chi connectivity index (χ0n) is 20.0. The monoisotopic (exact) mass is 472 g/mol. The molecule has 0 radical (unpaired) electrons. The highest BCUT2D eigenvalue weighted by atomic mass is 35.5. The van der Waals surface area contributed by atoms with Crippen LogP contribution in [0.5, 0.6) is 11.6 Å². The van der Waals surface area contributed by atoms with Crippen molar-refractivity contribution >= 4 is 31.4 Å². The van der Waals surface area contributed by atoms with Crippen molar-refractivity contribution in [3.8, 4) is 11.6 Å². The molecule has 2 aromatic rings. The largest absolute Gasteiger partial charge is 0.543 e. The Morgan fingerprint density at radius 1 is 1.25 bits per heavy atom. The molecule has 1 atom stereocenters. The van der Waals surface area contributed by atoms with E-state index in [0.717, 1.165) is 34.6 Å². The molecule has 1 aromatic heterocycles. The zero-order valence-corrected chi connectivity index (χ0v) is 21.8. The maximum atomic E-state index is 11.8. The lowest BCUT2D eigenvalue weighted by Crippen LogP contribution is -2.44. The van der Waals surface area contributed by atoms with E-state index in [9.17, 15) is 4.79 Å². The van der Waals surface area contributed by atoms with Gasteiger partial charge in [0.1, 0.15) is 10.8 Å². The van der Waals surface area contributed by atoms with Crippen LogP contribution in [-0.2, 0) is 4.79 Å². The maximum absolute atomic E-state index is 11.8. The number of rotatable bonds is 6. The highest BCUT2D eigenvalue weighted by molar-refractivity contribution is 6.74. The van der Waals surface area contributed by atoms with Gasteiger partial charge in [-0.15, -0.1) is 0 Å². The maximum Gasteiger partial charge on any atom is 0.250 e. The first kappa shape index (κ1) is 24.3. The highest BCUT2D eigenvalue weighted by Crippen LogP contribution is 2.39. The Labute approximate surface area is 197 Å². The first-order valence-electron chi connectivity index (χ1n) is 10.9. The molecule has 1 aromatic carbocycles. The van der Waals surface area contributed by atoms with Gasteiger partial charge in [-0.2, -0.15) is 0 Å². The van der Waals surface area contributed by atoms with Gasteiger partial charge < -0.3 is 14.5 Å². The lowest BCUT2D eigenvalue weighted by molar-refractivity contribution is -0.119. The topological polar surface area (TPSA) is 60.5 Å². The quantitative estimate of drug-likeness (QED) is 0.512. The number of pyridine rings is 1. The first-order valence-corrected chi connectivity index (χ1v) is 14.2. The van der Waals surface area contributed by atoms with Crippen LogP contribution in [0.15, 0.2) is 36.4 Å². The van der Waals surface area contributed by atoms with Crippen LogP contribution in [0.25, 0.3) is 5.57 Å². The van der Waals surface area contributed by atoms with Gasteiger partial charge in [0, 0.05) is 18.0 Å². The SMILES string of the molecule is COc1nc(/C(=C/[C@H]2CCC(=O)N2)c2ccc(O[Si](C)(C)C(C)(C)C)c(C)c2)ccc1Cl. The van der Waals surface area contributed by atoms with Gasteiger partial charge in [-0.25, -0.2) is 4.98 Å². The van der Waals surface area contributed by atoms with Crippen molar-refractivity contribution in [3.05, 3.63) is 58.3 Å². The molecule has 1 amide bonds. The molecule has 0 aliphatic carbocycles. The minimum atomic E-state index is -1.95. The van der Waals surface area contributed by atoms with E-state index in [1.54, 1.807) is 13.2 Å². The molecule has 1 N–H and O–H groups in total. The van der Waals surface area contributed by atoms with Gasteiger partial charge in [0.15, 0.2) is 0 Å². The van der Waals surface area contributed by atoms with E-state index in [1.165, 1.54) is 0 Å². The Balaban J connectivity index is 2.03. The number of carbonyl (C=O) groups is 1. The van der Waals surface area contributed by atoms with E-state index in [0.29, 0.717) is 17.3 Å². The van der Waals surface area contributed by atoms with Crippen molar-refractivity contribution < 1.29 is 14.0 Å². The molecule has 2 heterocycles. The Kier molecular flexibility index (Phi) is 7.05. The molecule has 3 rings (SSSR count). The molecular weight excluding hydrogens is 440 g/mol. The van der Waals surface area contributed by atoms with Crippen LogP contribution in [0, 0.1) is 6.92 Å². The normalized spacial score (nSPS) is 17.3. The molecular formula is C25H33ClN2O3Si. The minimum absolute atomic E-state index is 0.0376. The summed E-state index contributed by atoms with van der Waals surface area (Å²) >= 11 is 6.20. The van der Waals surface area contributed by atoms with Crippen LogP contribution in [0.1, 0.15) is 50.4 Å². The predicted octanol–water partition coefficient (Wildman–Crippen LogP) is 6.15. The fourth-order valence-electron chi connectivity index (χ4n) is 3.37. The summed E-state index contributed by atoms with van der Waals surface area (Å²) in [6.07, 6.45) is 3.37. The third-order valence-corrected chi connectivity index (χ3v) is 11.0. The third-order valence-electron chi connectivity index (χ3n) is 6.34. The second-order valence-corrected chi connectivity index (χ2v) is 15.0. The Morgan fingerprint density at radius 2 is 1.97 bits per heavy atom. The number of nitrogens with one attached hydrogen (secondary N) is 1. The average Bonchev–Trinajstić information content (AvgIpc) is 3.12. The third kappa shape index (κ3) is 5.35. The second kappa shape index (κ2) is 9.28. The number of nitrogens with zero attached hydrogens (tertiary/aromatic N) is 1. The molecule has 0 bridgehead atoms. The standard InChI is InChI=1S/C25H33ClN2O3Si/c1-16-14-17(8-12-22(16)31-32(6,7)25(2,3)4)19(15-18-9-13-23(29)27-18)21-11-10-20(26)24(28-21)30-5/h8,10-12,14-15,18H,9,13H2,1-7H3,(H,27,29)/b19-15+/t18-/m1/s1. The highest BCUT2D eigenvalue weighted by Gasteiger charge is 2.39. The predicted molar refractivity (Wildman–Crippen MR) is 133 cm³/mol. The molecule has 1 saturated heterocycles. The number of aryl methyl sites for hydroxylation is 1. The van der Waals surface area contributed by atoms with E-state index in [-0.39, 0.29) is 17.0 Å². The second-order valence-electron chi connectivity index (χ2n) is 9.82. The summed E-state index contributed by atoms with van der Waals surface area (Å²) in [5.74, 6) is 1.36. The van der Waals surface area contributed by atoms with Crippen molar-refractivity contribution in [2.24, 2.45) is 0 Å². The van der Waals surface area contributed by atoms with Crippen molar-refractivity contribution in [1.29, 1.82) is 0 Å². The number of benzene rings is 1. The number of hydrogen-bond acceptors (Lipinski definition) is 4. The van der Waals surface area contributed by atoms with E-state index in [4.69, 9.17) is 20.8 Å². The molecule has 0 unspecified atom stereocenters. The lowest BCUT2D eigenvalue weighted by atomic mass is 9.97.